The zero-order chi connectivity index (χ0) is 22.2. The molecule has 4 heterocycles. The number of methoxy groups -OCH3 is 1. The standard InChI is InChI=1S/C23H20F2N4O3/c1-31-19-8-3-2-6-14(19)16-12-18(21(24)25)29-22(27-16)15(13-26-29)23(30)28-10-4-7-17(28)20-9-5-11-32-20/h2-3,5-6,8-9,11-13,17,21H,4,7,10H2,1H3/t17-/m0/s1. The van der Waals surface area contributed by atoms with Crippen LogP contribution in [0, 0.1) is 0 Å². The second kappa shape index (κ2) is 8.07. The fourth-order valence-electron chi connectivity index (χ4n) is 4.23. The van der Waals surface area contributed by atoms with Gasteiger partial charge >= 0.3 is 0 Å². The number of amides is 1. The summed E-state index contributed by atoms with van der Waals surface area (Å²) in [6, 6.07) is 11.7. The van der Waals surface area contributed by atoms with Crippen molar-refractivity contribution in [3.05, 3.63) is 71.9 Å². The predicted octanol–water partition coefficient (Wildman–Crippen LogP) is 4.91. The smallest absolute Gasteiger partial charge is 0.280 e. The van der Waals surface area contributed by atoms with Gasteiger partial charge in [0.15, 0.2) is 5.65 Å². The Hall–Kier alpha value is -3.75. The molecule has 0 radical (unpaired) electrons. The SMILES string of the molecule is COc1ccccc1-c1cc(C(F)F)n2ncc(C(=O)N3CCC[C@H]3c3ccco3)c2n1. The molecule has 1 aromatic carbocycles. The van der Waals surface area contributed by atoms with E-state index in [1.165, 1.54) is 19.4 Å². The van der Waals surface area contributed by atoms with E-state index >= 15 is 0 Å². The molecule has 0 aliphatic carbocycles. The van der Waals surface area contributed by atoms with Crippen molar-refractivity contribution in [2.24, 2.45) is 0 Å². The number of benzene rings is 1. The number of para-hydroxylation sites is 1. The van der Waals surface area contributed by atoms with Gasteiger partial charge in [-0.3, -0.25) is 4.79 Å². The molecule has 0 spiro atoms. The highest BCUT2D eigenvalue weighted by molar-refractivity contribution is 6.00. The van der Waals surface area contributed by atoms with Gasteiger partial charge in [0.25, 0.3) is 12.3 Å². The molecule has 32 heavy (non-hydrogen) atoms. The number of carbonyl (C=O) groups excluding carboxylic acids is 1. The summed E-state index contributed by atoms with van der Waals surface area (Å²) in [5.74, 6) is 0.876. The molecule has 0 bridgehead atoms. The fraction of sp³-hybridized carbons (Fsp3) is 0.261. The Morgan fingerprint density at radius 3 is 2.84 bits per heavy atom. The average molecular weight is 438 g/mol. The summed E-state index contributed by atoms with van der Waals surface area (Å²) in [5.41, 5.74) is 0.734. The monoisotopic (exact) mass is 438 g/mol. The highest BCUT2D eigenvalue weighted by Gasteiger charge is 2.34. The molecule has 5 rings (SSSR count). The summed E-state index contributed by atoms with van der Waals surface area (Å²) < 4.78 is 39.7. The summed E-state index contributed by atoms with van der Waals surface area (Å²) in [6.45, 7) is 0.537. The minimum atomic E-state index is -2.81. The van der Waals surface area contributed by atoms with Gasteiger partial charge in [0.1, 0.15) is 22.8 Å². The predicted molar refractivity (Wildman–Crippen MR) is 112 cm³/mol. The first-order chi connectivity index (χ1) is 15.6. The number of furan rings is 1. The summed E-state index contributed by atoms with van der Waals surface area (Å²) in [6.07, 6.45) is 1.65. The first kappa shape index (κ1) is 20.2. The number of aromatic nitrogens is 3. The van der Waals surface area contributed by atoms with Crippen molar-refractivity contribution in [2.45, 2.75) is 25.3 Å². The number of carbonyl (C=O) groups is 1. The molecule has 0 unspecified atom stereocenters. The number of likely N-dealkylation sites (tertiary alicyclic amines) is 1. The van der Waals surface area contributed by atoms with Crippen LogP contribution in [0.4, 0.5) is 8.78 Å². The first-order valence-corrected chi connectivity index (χ1v) is 10.2. The molecule has 164 valence electrons. The zero-order valence-electron chi connectivity index (χ0n) is 17.2. The van der Waals surface area contributed by atoms with Crippen LogP contribution in [0.5, 0.6) is 5.75 Å². The number of hydrogen-bond acceptors (Lipinski definition) is 5. The third-order valence-electron chi connectivity index (χ3n) is 5.72. The van der Waals surface area contributed by atoms with E-state index in [0.717, 1.165) is 17.4 Å². The number of halogens is 2. The normalized spacial score (nSPS) is 16.2. The lowest BCUT2D eigenvalue weighted by molar-refractivity contribution is 0.0721. The van der Waals surface area contributed by atoms with Crippen LogP contribution in [0.25, 0.3) is 16.9 Å². The molecule has 1 atom stereocenters. The van der Waals surface area contributed by atoms with Crippen molar-refractivity contribution in [3.8, 4) is 17.0 Å². The fourth-order valence-corrected chi connectivity index (χ4v) is 4.23. The van der Waals surface area contributed by atoms with Gasteiger partial charge in [-0.1, -0.05) is 12.1 Å². The number of fused-ring (bicyclic) bond motifs is 1. The van der Waals surface area contributed by atoms with E-state index in [1.54, 1.807) is 41.5 Å². The van der Waals surface area contributed by atoms with Gasteiger partial charge in [-0.25, -0.2) is 18.3 Å². The minimum absolute atomic E-state index is 0.0822. The van der Waals surface area contributed by atoms with Crippen LogP contribution in [0.15, 0.2) is 59.3 Å². The first-order valence-electron chi connectivity index (χ1n) is 10.2. The van der Waals surface area contributed by atoms with Crippen LogP contribution < -0.4 is 4.74 Å². The van der Waals surface area contributed by atoms with Crippen LogP contribution in [0.2, 0.25) is 0 Å². The van der Waals surface area contributed by atoms with Crippen LogP contribution in [-0.2, 0) is 0 Å². The number of hydrogen-bond donors (Lipinski definition) is 0. The van der Waals surface area contributed by atoms with E-state index in [4.69, 9.17) is 9.15 Å². The maximum atomic E-state index is 13.9. The van der Waals surface area contributed by atoms with E-state index in [0.29, 0.717) is 23.6 Å². The molecule has 1 aliphatic rings. The number of nitrogens with zero attached hydrogens (tertiary/aromatic N) is 4. The van der Waals surface area contributed by atoms with E-state index in [-0.39, 0.29) is 34.5 Å². The van der Waals surface area contributed by atoms with Gasteiger partial charge in [0.05, 0.1) is 31.3 Å². The molecule has 1 aliphatic heterocycles. The van der Waals surface area contributed by atoms with Gasteiger partial charge in [-0.15, -0.1) is 0 Å². The molecule has 0 N–H and O–H groups in total. The summed E-state index contributed by atoms with van der Waals surface area (Å²) in [7, 11) is 1.50. The van der Waals surface area contributed by atoms with Gasteiger partial charge in [0, 0.05) is 12.1 Å². The second-order valence-electron chi connectivity index (χ2n) is 7.53. The Balaban J connectivity index is 1.63. The molecule has 3 aromatic heterocycles. The van der Waals surface area contributed by atoms with E-state index in [1.807, 2.05) is 6.07 Å². The molecule has 9 heteroatoms. The van der Waals surface area contributed by atoms with Crippen molar-refractivity contribution >= 4 is 11.6 Å². The average Bonchev–Trinajstić information content (AvgIpc) is 3.57. The summed E-state index contributed by atoms with van der Waals surface area (Å²) in [5, 5.41) is 4.07. The molecular formula is C23H20F2N4O3. The second-order valence-corrected chi connectivity index (χ2v) is 7.53. The molecule has 1 amide bonds. The van der Waals surface area contributed by atoms with Gasteiger partial charge in [-0.2, -0.15) is 5.10 Å². The largest absolute Gasteiger partial charge is 0.496 e. The lowest BCUT2D eigenvalue weighted by Gasteiger charge is -2.22. The highest BCUT2D eigenvalue weighted by atomic mass is 19.3. The van der Waals surface area contributed by atoms with Crippen molar-refractivity contribution in [1.82, 2.24) is 19.5 Å². The molecular weight excluding hydrogens is 418 g/mol. The Morgan fingerprint density at radius 2 is 2.09 bits per heavy atom. The lowest BCUT2D eigenvalue weighted by atomic mass is 10.1. The summed E-state index contributed by atoms with van der Waals surface area (Å²) in [4.78, 5) is 19.7. The van der Waals surface area contributed by atoms with Crippen molar-refractivity contribution in [2.75, 3.05) is 13.7 Å². The Labute approximate surface area is 182 Å². The molecule has 1 saturated heterocycles. The minimum Gasteiger partial charge on any atom is -0.496 e. The van der Waals surface area contributed by atoms with Crippen LogP contribution >= 0.6 is 0 Å². The third-order valence-corrected chi connectivity index (χ3v) is 5.72. The Morgan fingerprint density at radius 1 is 1.25 bits per heavy atom. The maximum absolute atomic E-state index is 13.9. The molecule has 1 fully saturated rings. The van der Waals surface area contributed by atoms with Gasteiger partial charge < -0.3 is 14.1 Å². The van der Waals surface area contributed by atoms with Crippen LogP contribution in [0.3, 0.4) is 0 Å². The highest BCUT2D eigenvalue weighted by Crippen LogP contribution is 2.35. The van der Waals surface area contributed by atoms with Crippen molar-refractivity contribution < 1.29 is 22.7 Å². The Kier molecular flexibility index (Phi) is 5.08. The quantitative estimate of drug-likeness (QED) is 0.443. The van der Waals surface area contributed by atoms with Crippen molar-refractivity contribution in [1.29, 1.82) is 0 Å². The number of ether oxygens (including phenoxy) is 1. The topological polar surface area (TPSA) is 72.9 Å². The van der Waals surface area contributed by atoms with Crippen LogP contribution in [-0.4, -0.2) is 39.1 Å². The number of alkyl halides is 2. The van der Waals surface area contributed by atoms with Crippen LogP contribution in [0.1, 0.15) is 47.1 Å². The lowest BCUT2D eigenvalue weighted by Crippen LogP contribution is -2.30. The van der Waals surface area contributed by atoms with E-state index in [9.17, 15) is 13.6 Å². The van der Waals surface area contributed by atoms with Gasteiger partial charge in [0.2, 0.25) is 0 Å². The molecule has 0 saturated carbocycles. The van der Waals surface area contributed by atoms with E-state index < -0.39 is 6.43 Å². The molecule has 4 aromatic rings. The van der Waals surface area contributed by atoms with Crippen molar-refractivity contribution in [3.63, 3.8) is 0 Å². The van der Waals surface area contributed by atoms with E-state index in [2.05, 4.69) is 10.1 Å². The third kappa shape index (κ3) is 3.30. The zero-order valence-corrected chi connectivity index (χ0v) is 17.2. The van der Waals surface area contributed by atoms with Gasteiger partial charge in [-0.05, 0) is 43.2 Å². The Bertz CT molecular complexity index is 1270. The summed E-state index contributed by atoms with van der Waals surface area (Å²) >= 11 is 0. The maximum Gasteiger partial charge on any atom is 0.280 e. The molecule has 7 nitrogen and oxygen atoms in total. The number of rotatable bonds is 5.